The van der Waals surface area contributed by atoms with E-state index < -0.39 is 29.4 Å². The van der Waals surface area contributed by atoms with E-state index in [1.54, 1.807) is 6.20 Å². The Morgan fingerprint density at radius 2 is 1.84 bits per heavy atom. The Kier molecular flexibility index (Phi) is 4.28. The molecule has 0 spiro atoms. The van der Waals surface area contributed by atoms with Crippen molar-refractivity contribution in [1.82, 2.24) is 14.5 Å². The molecular weight excluding hydrogens is 329 g/mol. The van der Waals surface area contributed by atoms with Crippen LogP contribution < -0.4 is 5.73 Å². The number of hydrogen-bond donors (Lipinski definition) is 1. The van der Waals surface area contributed by atoms with E-state index in [-0.39, 0.29) is 13.0 Å². The second kappa shape index (κ2) is 6.15. The van der Waals surface area contributed by atoms with E-state index in [0.29, 0.717) is 19.0 Å². The van der Waals surface area contributed by atoms with Gasteiger partial charge in [-0.05, 0) is 24.6 Å². The molecule has 1 aliphatic rings. The van der Waals surface area contributed by atoms with E-state index in [1.807, 2.05) is 17.6 Å². The fourth-order valence-corrected chi connectivity index (χ4v) is 3.39. The lowest BCUT2D eigenvalue weighted by molar-refractivity contribution is 0.391. The summed E-state index contributed by atoms with van der Waals surface area (Å²) in [5.41, 5.74) is 8.86. The molecule has 0 radical (unpaired) electrons. The second-order valence-electron chi connectivity index (χ2n) is 6.22. The number of halogens is 3. The number of hydrogen-bond acceptors (Lipinski definition) is 3. The van der Waals surface area contributed by atoms with Gasteiger partial charge in [-0.15, -0.1) is 0 Å². The summed E-state index contributed by atoms with van der Waals surface area (Å²) in [5.74, 6) is -2.77. The third-order valence-corrected chi connectivity index (χ3v) is 4.60. The van der Waals surface area contributed by atoms with Crippen molar-refractivity contribution in [3.8, 4) is 0 Å². The number of aromatic nitrogens is 3. The van der Waals surface area contributed by atoms with Crippen LogP contribution in [0, 0.1) is 24.4 Å². The van der Waals surface area contributed by atoms with Gasteiger partial charge in [0.25, 0.3) is 0 Å². The fraction of sp³-hybridized carbons (Fsp3) is 0.333. The van der Waals surface area contributed by atoms with Crippen LogP contribution in [0.2, 0.25) is 0 Å². The number of benzene rings is 1. The van der Waals surface area contributed by atoms with Gasteiger partial charge in [0.2, 0.25) is 0 Å². The summed E-state index contributed by atoms with van der Waals surface area (Å²) in [4.78, 5) is 8.75. The molecule has 4 nitrogen and oxygen atoms in total. The highest BCUT2D eigenvalue weighted by molar-refractivity contribution is 5.75. The van der Waals surface area contributed by atoms with Crippen molar-refractivity contribution >= 4 is 11.0 Å². The van der Waals surface area contributed by atoms with Crippen molar-refractivity contribution in [3.05, 3.63) is 58.9 Å². The van der Waals surface area contributed by atoms with Crippen LogP contribution in [0.3, 0.4) is 0 Å². The highest BCUT2D eigenvalue weighted by Gasteiger charge is 2.32. The minimum atomic E-state index is -1.20. The second-order valence-corrected chi connectivity index (χ2v) is 6.22. The number of rotatable bonds is 1. The van der Waals surface area contributed by atoms with Gasteiger partial charge in [-0.3, -0.25) is 4.98 Å². The standard InChI is InChI=1S/C17H15F3N4.CH4/c1-8-2-16-15(6-22-8)23-17-4-10(14(21)7-24(16)17)9-3-12(19)13(20)5-11(9)18;/h2-3,5-6,10,14H,4,7,21H2,1H3;1H4/t10?,14-;/m0./s1. The maximum absolute atomic E-state index is 14.1. The summed E-state index contributed by atoms with van der Waals surface area (Å²) in [6.45, 7) is 2.32. The number of fused-ring (bicyclic) bond motifs is 3. The van der Waals surface area contributed by atoms with Crippen LogP contribution in [0.1, 0.15) is 30.4 Å². The summed E-state index contributed by atoms with van der Waals surface area (Å²) < 4.78 is 42.8. The average molecular weight is 348 g/mol. The molecule has 4 rings (SSSR count). The third-order valence-electron chi connectivity index (χ3n) is 4.60. The minimum absolute atomic E-state index is 0. The van der Waals surface area contributed by atoms with Crippen LogP contribution >= 0.6 is 0 Å². The molecule has 0 bridgehead atoms. The Balaban J connectivity index is 0.00000182. The van der Waals surface area contributed by atoms with Crippen molar-refractivity contribution < 1.29 is 13.2 Å². The normalized spacial score (nSPS) is 19.6. The van der Waals surface area contributed by atoms with E-state index in [1.165, 1.54) is 0 Å². The molecule has 1 aliphatic heterocycles. The lowest BCUT2D eigenvalue weighted by atomic mass is 9.86. The highest BCUT2D eigenvalue weighted by Crippen LogP contribution is 2.33. The van der Waals surface area contributed by atoms with Crippen molar-refractivity contribution in [2.75, 3.05) is 0 Å². The van der Waals surface area contributed by atoms with Crippen LogP contribution in [0.25, 0.3) is 11.0 Å². The molecule has 2 aromatic heterocycles. The van der Waals surface area contributed by atoms with Gasteiger partial charge in [-0.25, -0.2) is 18.2 Å². The number of imidazole rings is 1. The number of pyridine rings is 1. The first-order valence-corrected chi connectivity index (χ1v) is 7.66. The summed E-state index contributed by atoms with van der Waals surface area (Å²) in [6, 6.07) is 2.97. The molecule has 3 heterocycles. The van der Waals surface area contributed by atoms with Gasteiger partial charge < -0.3 is 10.3 Å². The minimum Gasteiger partial charge on any atom is -0.326 e. The van der Waals surface area contributed by atoms with Gasteiger partial charge in [0.1, 0.15) is 17.2 Å². The van der Waals surface area contributed by atoms with Gasteiger partial charge in [-0.1, -0.05) is 7.43 Å². The molecule has 25 heavy (non-hydrogen) atoms. The lowest BCUT2D eigenvalue weighted by Crippen LogP contribution is -2.39. The largest absolute Gasteiger partial charge is 0.326 e. The molecule has 132 valence electrons. The molecule has 7 heteroatoms. The lowest BCUT2D eigenvalue weighted by Gasteiger charge is -2.30. The SMILES string of the molecule is C.Cc1cc2c(cn1)nc1n2C[C@H](N)C(c2cc(F)c(F)cc2F)C1. The molecule has 0 aliphatic carbocycles. The summed E-state index contributed by atoms with van der Waals surface area (Å²) in [7, 11) is 0. The molecule has 2 N–H and O–H groups in total. The Hall–Kier alpha value is -2.41. The van der Waals surface area contributed by atoms with E-state index in [2.05, 4.69) is 9.97 Å². The Bertz CT molecular complexity index is 951. The number of nitrogens with two attached hydrogens (primary N) is 1. The molecule has 1 unspecified atom stereocenters. The molecule has 0 fully saturated rings. The Morgan fingerprint density at radius 1 is 1.12 bits per heavy atom. The van der Waals surface area contributed by atoms with Crippen LogP contribution in [-0.2, 0) is 13.0 Å². The summed E-state index contributed by atoms with van der Waals surface area (Å²) in [5, 5.41) is 0. The van der Waals surface area contributed by atoms with E-state index in [0.717, 1.165) is 28.6 Å². The summed E-state index contributed by atoms with van der Waals surface area (Å²) in [6.07, 6.45) is 2.05. The van der Waals surface area contributed by atoms with Crippen LogP contribution in [-0.4, -0.2) is 20.6 Å². The average Bonchev–Trinajstić information content (AvgIpc) is 2.87. The van der Waals surface area contributed by atoms with Gasteiger partial charge in [0.05, 0.1) is 11.7 Å². The van der Waals surface area contributed by atoms with Crippen molar-refractivity contribution in [3.63, 3.8) is 0 Å². The fourth-order valence-electron chi connectivity index (χ4n) is 3.39. The molecule has 0 amide bonds. The maximum Gasteiger partial charge on any atom is 0.161 e. The zero-order valence-corrected chi connectivity index (χ0v) is 12.9. The first-order valence-electron chi connectivity index (χ1n) is 7.66. The van der Waals surface area contributed by atoms with Crippen LogP contribution in [0.4, 0.5) is 13.2 Å². The monoisotopic (exact) mass is 348 g/mol. The molecule has 2 atom stereocenters. The number of aryl methyl sites for hydroxylation is 1. The Morgan fingerprint density at radius 3 is 2.60 bits per heavy atom. The Labute approximate surface area is 143 Å². The van der Waals surface area contributed by atoms with Gasteiger partial charge >= 0.3 is 0 Å². The molecular formula is C18H19F3N4. The van der Waals surface area contributed by atoms with Crippen molar-refractivity contribution in [1.29, 1.82) is 0 Å². The van der Waals surface area contributed by atoms with Crippen molar-refractivity contribution in [2.24, 2.45) is 5.73 Å². The quantitative estimate of drug-likeness (QED) is 0.685. The molecule has 0 saturated heterocycles. The molecule has 1 aromatic carbocycles. The zero-order chi connectivity index (χ0) is 17.0. The summed E-state index contributed by atoms with van der Waals surface area (Å²) >= 11 is 0. The number of nitrogens with zero attached hydrogens (tertiary/aromatic N) is 3. The zero-order valence-electron chi connectivity index (χ0n) is 12.9. The maximum atomic E-state index is 14.1. The smallest absolute Gasteiger partial charge is 0.161 e. The van der Waals surface area contributed by atoms with E-state index in [9.17, 15) is 13.2 Å². The van der Waals surface area contributed by atoms with Gasteiger partial charge in [0, 0.05) is 36.7 Å². The highest BCUT2D eigenvalue weighted by atomic mass is 19.2. The first kappa shape index (κ1) is 17.4. The van der Waals surface area contributed by atoms with E-state index in [4.69, 9.17) is 5.73 Å². The third kappa shape index (κ3) is 2.78. The predicted molar refractivity (Wildman–Crippen MR) is 89.7 cm³/mol. The molecule has 3 aromatic rings. The molecule has 0 saturated carbocycles. The first-order chi connectivity index (χ1) is 11.4. The van der Waals surface area contributed by atoms with Crippen LogP contribution in [0.5, 0.6) is 0 Å². The van der Waals surface area contributed by atoms with Gasteiger partial charge in [0.15, 0.2) is 11.6 Å². The van der Waals surface area contributed by atoms with Crippen molar-refractivity contribution in [2.45, 2.75) is 39.3 Å². The topological polar surface area (TPSA) is 56.7 Å². The van der Waals surface area contributed by atoms with Crippen LogP contribution in [0.15, 0.2) is 24.4 Å². The van der Waals surface area contributed by atoms with Gasteiger partial charge in [-0.2, -0.15) is 0 Å². The van der Waals surface area contributed by atoms with E-state index >= 15 is 0 Å². The predicted octanol–water partition coefficient (Wildman–Crippen LogP) is 3.46.